The number of rotatable bonds is 2. The van der Waals surface area contributed by atoms with E-state index in [0.717, 1.165) is 6.07 Å². The summed E-state index contributed by atoms with van der Waals surface area (Å²) >= 11 is 0. The zero-order valence-corrected chi connectivity index (χ0v) is 11.6. The minimum atomic E-state index is -6.25. The summed E-state index contributed by atoms with van der Waals surface area (Å²) in [6.07, 6.45) is -12.5. The summed E-state index contributed by atoms with van der Waals surface area (Å²) in [5.41, 5.74) is -0.361. The predicted molar refractivity (Wildman–Crippen MR) is 66.1 cm³/mol. The molecule has 0 atom stereocenters. The first kappa shape index (κ1) is 19.1. The van der Waals surface area contributed by atoms with Gasteiger partial charge in [-0.15, -0.1) is 0 Å². The number of nitrogen functional groups attached to an aromatic ring is 1. The van der Waals surface area contributed by atoms with E-state index in [9.17, 15) is 43.9 Å². The highest BCUT2D eigenvalue weighted by Gasteiger charge is 2.63. The number of alkyl halides is 10. The standard InChI is InChI=1S/C13H6F10N2/c14-10(15,12(18,19)20)7-4-9(11(16,17)13(21,22)23)25-8-3-5(24)1-2-6(7)8/h1-4H,24H2. The van der Waals surface area contributed by atoms with E-state index in [1.165, 1.54) is 0 Å². The Hall–Kier alpha value is -2.27. The van der Waals surface area contributed by atoms with E-state index in [4.69, 9.17) is 5.73 Å². The van der Waals surface area contributed by atoms with Gasteiger partial charge in [-0.2, -0.15) is 43.9 Å². The first-order valence-electron chi connectivity index (χ1n) is 6.19. The molecule has 0 aliphatic rings. The molecule has 2 aromatic rings. The van der Waals surface area contributed by atoms with Crippen LogP contribution in [0, 0.1) is 0 Å². The maximum atomic E-state index is 13.6. The Kier molecular flexibility index (Phi) is 4.09. The van der Waals surface area contributed by atoms with Gasteiger partial charge in [-0.05, 0) is 18.2 Å². The van der Waals surface area contributed by atoms with Gasteiger partial charge in [-0.25, -0.2) is 4.98 Å². The molecule has 1 aromatic heterocycles. The Labute approximate surface area is 132 Å². The van der Waals surface area contributed by atoms with Crippen LogP contribution < -0.4 is 5.73 Å². The molecule has 1 aromatic carbocycles. The van der Waals surface area contributed by atoms with E-state index in [0.29, 0.717) is 12.1 Å². The molecule has 25 heavy (non-hydrogen) atoms. The van der Waals surface area contributed by atoms with Crippen molar-refractivity contribution in [3.05, 3.63) is 35.5 Å². The van der Waals surface area contributed by atoms with E-state index in [2.05, 4.69) is 4.98 Å². The number of nitrogens with two attached hydrogens (primary N) is 1. The molecule has 2 nitrogen and oxygen atoms in total. The molecule has 0 aliphatic heterocycles. The van der Waals surface area contributed by atoms with Crippen molar-refractivity contribution in [3.8, 4) is 0 Å². The summed E-state index contributed by atoms with van der Waals surface area (Å²) in [7, 11) is 0. The topological polar surface area (TPSA) is 38.9 Å². The third-order valence-corrected chi connectivity index (χ3v) is 3.21. The molecule has 2 rings (SSSR count). The minimum absolute atomic E-state index is 0.284. The molecular formula is C13H6F10N2. The van der Waals surface area contributed by atoms with Crippen molar-refractivity contribution in [2.24, 2.45) is 0 Å². The molecule has 0 bridgehead atoms. The lowest BCUT2D eigenvalue weighted by Gasteiger charge is -2.24. The Morgan fingerprint density at radius 2 is 1.24 bits per heavy atom. The van der Waals surface area contributed by atoms with E-state index in [1.54, 1.807) is 0 Å². The monoisotopic (exact) mass is 380 g/mol. The molecule has 0 unspecified atom stereocenters. The van der Waals surface area contributed by atoms with Crippen LogP contribution in [0.15, 0.2) is 24.3 Å². The molecule has 12 heteroatoms. The Bertz CT molecular complexity index is 807. The number of halogens is 10. The average molecular weight is 380 g/mol. The number of benzene rings is 1. The van der Waals surface area contributed by atoms with Crippen LogP contribution in [0.3, 0.4) is 0 Å². The lowest BCUT2D eigenvalue weighted by Crippen LogP contribution is -2.37. The van der Waals surface area contributed by atoms with Crippen LogP contribution in [0.2, 0.25) is 0 Å². The van der Waals surface area contributed by atoms with Gasteiger partial charge in [-0.3, -0.25) is 0 Å². The summed E-state index contributed by atoms with van der Waals surface area (Å²) in [5.74, 6) is -11.4. The second-order valence-corrected chi connectivity index (χ2v) is 4.98. The van der Waals surface area contributed by atoms with Crippen molar-refractivity contribution in [3.63, 3.8) is 0 Å². The quantitative estimate of drug-likeness (QED) is 0.580. The van der Waals surface area contributed by atoms with Crippen LogP contribution in [0.4, 0.5) is 49.6 Å². The van der Waals surface area contributed by atoms with Crippen molar-refractivity contribution in [2.45, 2.75) is 24.2 Å². The Morgan fingerprint density at radius 3 is 1.72 bits per heavy atom. The van der Waals surface area contributed by atoms with Crippen molar-refractivity contribution in [2.75, 3.05) is 5.73 Å². The fourth-order valence-electron chi connectivity index (χ4n) is 1.96. The predicted octanol–water partition coefficient (Wildman–Crippen LogP) is 5.13. The molecular weight excluding hydrogens is 374 g/mol. The van der Waals surface area contributed by atoms with Gasteiger partial charge < -0.3 is 5.73 Å². The third kappa shape index (κ3) is 3.04. The van der Waals surface area contributed by atoms with Crippen LogP contribution in [0.1, 0.15) is 11.3 Å². The number of fused-ring (bicyclic) bond motifs is 1. The fraction of sp³-hybridized carbons (Fsp3) is 0.308. The average Bonchev–Trinajstić information content (AvgIpc) is 2.43. The van der Waals surface area contributed by atoms with Gasteiger partial charge in [0.05, 0.1) is 5.52 Å². The zero-order valence-electron chi connectivity index (χ0n) is 11.6. The smallest absolute Gasteiger partial charge is 0.399 e. The fourth-order valence-corrected chi connectivity index (χ4v) is 1.96. The first-order chi connectivity index (χ1) is 11.1. The molecule has 0 radical (unpaired) electrons. The maximum Gasteiger partial charge on any atom is 0.459 e. The van der Waals surface area contributed by atoms with Crippen LogP contribution in [0.5, 0.6) is 0 Å². The zero-order chi connectivity index (χ0) is 19.4. The highest BCUT2D eigenvalue weighted by atomic mass is 19.4. The van der Waals surface area contributed by atoms with Crippen LogP contribution in [0.25, 0.3) is 10.9 Å². The molecule has 0 spiro atoms. The summed E-state index contributed by atoms with van der Waals surface area (Å²) in [5, 5.41) is -0.960. The van der Waals surface area contributed by atoms with Gasteiger partial charge in [0, 0.05) is 16.6 Å². The largest absolute Gasteiger partial charge is 0.459 e. The van der Waals surface area contributed by atoms with E-state index < -0.39 is 52.4 Å². The van der Waals surface area contributed by atoms with Gasteiger partial charge in [0.2, 0.25) is 0 Å². The van der Waals surface area contributed by atoms with E-state index in [1.807, 2.05) is 0 Å². The molecule has 138 valence electrons. The molecule has 1 heterocycles. The molecule has 0 aliphatic carbocycles. The van der Waals surface area contributed by atoms with Crippen LogP contribution >= 0.6 is 0 Å². The van der Waals surface area contributed by atoms with E-state index >= 15 is 0 Å². The lowest BCUT2D eigenvalue weighted by atomic mass is 9.99. The van der Waals surface area contributed by atoms with Crippen LogP contribution in [-0.4, -0.2) is 17.3 Å². The van der Waals surface area contributed by atoms with Crippen molar-refractivity contribution < 1.29 is 43.9 Å². The van der Waals surface area contributed by atoms with Crippen molar-refractivity contribution in [1.82, 2.24) is 4.98 Å². The number of aromatic nitrogens is 1. The van der Waals surface area contributed by atoms with Gasteiger partial charge in [0.15, 0.2) is 0 Å². The summed E-state index contributed by atoms with van der Waals surface area (Å²) < 4.78 is 129. The van der Waals surface area contributed by atoms with Crippen LogP contribution in [-0.2, 0) is 11.8 Å². The van der Waals surface area contributed by atoms with Gasteiger partial charge >= 0.3 is 24.2 Å². The summed E-state index contributed by atoms with van der Waals surface area (Å²) in [6.45, 7) is 0. The second kappa shape index (κ2) is 5.36. The Morgan fingerprint density at radius 1 is 0.720 bits per heavy atom. The van der Waals surface area contributed by atoms with Gasteiger partial charge in [-0.1, -0.05) is 6.07 Å². The number of hydrogen-bond donors (Lipinski definition) is 1. The number of hydrogen-bond acceptors (Lipinski definition) is 2. The number of anilines is 1. The highest BCUT2D eigenvalue weighted by Crippen LogP contribution is 2.49. The number of nitrogens with zero attached hydrogens (tertiary/aromatic N) is 1. The molecule has 2 N–H and O–H groups in total. The normalized spacial score (nSPS) is 14.2. The Balaban J connectivity index is 2.90. The SMILES string of the molecule is Nc1ccc2c(C(F)(F)C(F)(F)F)cc(C(F)(F)C(F)(F)F)nc2c1. The van der Waals surface area contributed by atoms with Gasteiger partial charge in [0.1, 0.15) is 5.69 Å². The second-order valence-electron chi connectivity index (χ2n) is 4.98. The minimum Gasteiger partial charge on any atom is -0.399 e. The first-order valence-corrected chi connectivity index (χ1v) is 6.19. The van der Waals surface area contributed by atoms with E-state index in [-0.39, 0.29) is 5.69 Å². The molecule has 0 fully saturated rings. The maximum absolute atomic E-state index is 13.6. The summed E-state index contributed by atoms with van der Waals surface area (Å²) in [6, 6.07) is 1.52. The van der Waals surface area contributed by atoms with Crippen molar-refractivity contribution in [1.29, 1.82) is 0 Å². The van der Waals surface area contributed by atoms with Gasteiger partial charge in [0.25, 0.3) is 0 Å². The summed E-state index contributed by atoms with van der Waals surface area (Å²) in [4.78, 5) is 2.88. The highest BCUT2D eigenvalue weighted by molar-refractivity contribution is 5.86. The molecule has 0 saturated carbocycles. The van der Waals surface area contributed by atoms with Crippen molar-refractivity contribution >= 4 is 16.6 Å². The molecule has 0 amide bonds. The molecule has 0 saturated heterocycles. The third-order valence-electron chi connectivity index (χ3n) is 3.21. The lowest BCUT2D eigenvalue weighted by molar-refractivity contribution is -0.293. The number of pyridine rings is 1.